The maximum absolute atomic E-state index is 6.19. The molecule has 0 aliphatic heterocycles. The largest absolute Gasteiger partial charge is 0.454 e. The van der Waals surface area contributed by atoms with Crippen LogP contribution in [0.15, 0.2) is 67.1 Å². The molecule has 0 saturated carbocycles. The predicted octanol–water partition coefficient (Wildman–Crippen LogP) is 4.44. The van der Waals surface area contributed by atoms with Gasteiger partial charge in [-0.25, -0.2) is 15.0 Å². The summed E-state index contributed by atoms with van der Waals surface area (Å²) in [6, 6.07) is 15.4. The van der Waals surface area contributed by atoms with Gasteiger partial charge in [-0.3, -0.25) is 4.98 Å². The van der Waals surface area contributed by atoms with E-state index in [9.17, 15) is 0 Å². The number of fused-ring (bicyclic) bond motifs is 1. The van der Waals surface area contributed by atoms with Gasteiger partial charge in [0, 0.05) is 29.7 Å². The van der Waals surface area contributed by atoms with Crippen LogP contribution in [0.3, 0.4) is 0 Å². The van der Waals surface area contributed by atoms with Crippen molar-refractivity contribution in [2.24, 2.45) is 0 Å². The van der Waals surface area contributed by atoms with Crippen LogP contribution in [0, 0.1) is 0 Å². The summed E-state index contributed by atoms with van der Waals surface area (Å²) in [5, 5.41) is 0.949. The average Bonchev–Trinajstić information content (AvgIpc) is 2.69. The lowest BCUT2D eigenvalue weighted by Gasteiger charge is -2.12. The van der Waals surface area contributed by atoms with Gasteiger partial charge in [0.25, 0.3) is 0 Å². The highest BCUT2D eigenvalue weighted by Gasteiger charge is 2.14. The molecule has 0 N–H and O–H groups in total. The van der Waals surface area contributed by atoms with Crippen molar-refractivity contribution in [2.45, 2.75) is 13.3 Å². The van der Waals surface area contributed by atoms with Crippen molar-refractivity contribution < 1.29 is 4.74 Å². The molecule has 0 amide bonds. The number of aromatic nitrogens is 4. The zero-order valence-electron chi connectivity index (χ0n) is 13.8. The number of hydrogen-bond acceptors (Lipinski definition) is 5. The summed E-state index contributed by atoms with van der Waals surface area (Å²) < 4.78 is 6.19. The molecule has 0 aliphatic rings. The molecule has 0 atom stereocenters. The molecule has 25 heavy (non-hydrogen) atoms. The minimum Gasteiger partial charge on any atom is -0.454 e. The van der Waals surface area contributed by atoms with E-state index in [2.05, 4.69) is 26.9 Å². The van der Waals surface area contributed by atoms with Crippen LogP contribution in [-0.2, 0) is 6.42 Å². The number of rotatable bonds is 4. The molecular weight excluding hydrogens is 312 g/mol. The Morgan fingerprint density at radius 2 is 1.64 bits per heavy atom. The van der Waals surface area contributed by atoms with Gasteiger partial charge in [0.05, 0.1) is 5.52 Å². The van der Waals surface area contributed by atoms with E-state index in [0.29, 0.717) is 17.3 Å². The summed E-state index contributed by atoms with van der Waals surface area (Å²) in [5.74, 6) is 1.90. The van der Waals surface area contributed by atoms with Crippen LogP contribution in [0.1, 0.15) is 12.6 Å². The Kier molecular flexibility index (Phi) is 4.04. The highest BCUT2D eigenvalue weighted by atomic mass is 16.5. The van der Waals surface area contributed by atoms with Crippen LogP contribution in [0.5, 0.6) is 11.5 Å². The first-order valence-electron chi connectivity index (χ1n) is 8.14. The fourth-order valence-corrected chi connectivity index (χ4v) is 2.62. The van der Waals surface area contributed by atoms with Crippen molar-refractivity contribution in [2.75, 3.05) is 0 Å². The number of hydrogen-bond donors (Lipinski definition) is 0. The van der Waals surface area contributed by atoms with Gasteiger partial charge in [0.15, 0.2) is 17.3 Å². The van der Waals surface area contributed by atoms with E-state index in [1.807, 2.05) is 42.5 Å². The third-order valence-electron chi connectivity index (χ3n) is 3.88. The number of para-hydroxylation sites is 1. The Bertz CT molecular complexity index is 1010. The van der Waals surface area contributed by atoms with Crippen molar-refractivity contribution in [3.63, 3.8) is 0 Å². The first kappa shape index (κ1) is 15.2. The molecule has 4 aromatic rings. The third-order valence-corrected chi connectivity index (χ3v) is 3.88. The summed E-state index contributed by atoms with van der Waals surface area (Å²) >= 11 is 0. The zero-order chi connectivity index (χ0) is 17.1. The van der Waals surface area contributed by atoms with E-state index in [0.717, 1.165) is 28.8 Å². The molecule has 3 heterocycles. The molecule has 5 heteroatoms. The Morgan fingerprint density at radius 3 is 2.48 bits per heavy atom. The molecule has 5 nitrogen and oxygen atoms in total. The van der Waals surface area contributed by atoms with Crippen molar-refractivity contribution in [3.05, 3.63) is 72.8 Å². The van der Waals surface area contributed by atoms with Gasteiger partial charge < -0.3 is 4.74 Å². The maximum Gasteiger partial charge on any atom is 0.181 e. The van der Waals surface area contributed by atoms with E-state index >= 15 is 0 Å². The molecule has 0 unspecified atom stereocenters. The number of ether oxygens (including phenoxy) is 1. The average molecular weight is 328 g/mol. The predicted molar refractivity (Wildman–Crippen MR) is 96.5 cm³/mol. The molecule has 0 bridgehead atoms. The van der Waals surface area contributed by atoms with Gasteiger partial charge in [-0.05, 0) is 42.8 Å². The second-order valence-electron chi connectivity index (χ2n) is 5.50. The third kappa shape index (κ3) is 3.04. The fraction of sp³-hybridized carbons (Fsp3) is 0.100. The normalized spacial score (nSPS) is 10.8. The van der Waals surface area contributed by atoms with E-state index in [1.165, 1.54) is 0 Å². The Balaban J connectivity index is 1.82. The van der Waals surface area contributed by atoms with Gasteiger partial charge in [-0.15, -0.1) is 0 Å². The van der Waals surface area contributed by atoms with Crippen molar-refractivity contribution in [1.82, 2.24) is 19.9 Å². The topological polar surface area (TPSA) is 60.8 Å². The molecule has 4 rings (SSSR count). The van der Waals surface area contributed by atoms with E-state index < -0.39 is 0 Å². The molecule has 0 radical (unpaired) electrons. The first-order valence-corrected chi connectivity index (χ1v) is 8.14. The molecule has 0 spiro atoms. The summed E-state index contributed by atoms with van der Waals surface area (Å²) in [7, 11) is 0. The van der Waals surface area contributed by atoms with Crippen LogP contribution >= 0.6 is 0 Å². The summed E-state index contributed by atoms with van der Waals surface area (Å²) in [6.45, 7) is 2.06. The summed E-state index contributed by atoms with van der Waals surface area (Å²) in [5.41, 5.74) is 2.49. The standard InChI is InChI=1S/C20H16N4O/c1-2-14-8-9-18(19(24-14)20-22-11-5-12-23-20)25-17-10-13-21-16-7-4-3-6-15(16)17/h3-13H,2H2,1H3. The highest BCUT2D eigenvalue weighted by Crippen LogP contribution is 2.33. The molecule has 0 fully saturated rings. The Morgan fingerprint density at radius 1 is 0.800 bits per heavy atom. The second-order valence-corrected chi connectivity index (χ2v) is 5.50. The van der Waals surface area contributed by atoms with Crippen LogP contribution in [0.4, 0.5) is 0 Å². The van der Waals surface area contributed by atoms with Crippen LogP contribution in [0.25, 0.3) is 22.4 Å². The van der Waals surface area contributed by atoms with Gasteiger partial charge in [0.1, 0.15) is 5.75 Å². The fourth-order valence-electron chi connectivity index (χ4n) is 2.62. The number of pyridine rings is 2. The lowest BCUT2D eigenvalue weighted by atomic mass is 10.2. The van der Waals surface area contributed by atoms with Crippen LogP contribution < -0.4 is 4.74 Å². The molecule has 0 saturated heterocycles. The highest BCUT2D eigenvalue weighted by molar-refractivity contribution is 5.85. The minimum atomic E-state index is 0.547. The van der Waals surface area contributed by atoms with Crippen molar-refractivity contribution in [1.29, 1.82) is 0 Å². The van der Waals surface area contributed by atoms with Gasteiger partial charge in [-0.2, -0.15) is 0 Å². The van der Waals surface area contributed by atoms with Gasteiger partial charge in [-0.1, -0.05) is 19.1 Å². The maximum atomic E-state index is 6.19. The quantitative estimate of drug-likeness (QED) is 0.554. The number of nitrogens with zero attached hydrogens (tertiary/aromatic N) is 4. The van der Waals surface area contributed by atoms with Crippen LogP contribution in [-0.4, -0.2) is 19.9 Å². The van der Waals surface area contributed by atoms with Crippen LogP contribution in [0.2, 0.25) is 0 Å². The number of aryl methyl sites for hydroxylation is 1. The molecular formula is C20H16N4O. The lowest BCUT2D eigenvalue weighted by Crippen LogP contribution is -1.98. The van der Waals surface area contributed by atoms with Crippen molar-refractivity contribution >= 4 is 10.9 Å². The molecule has 0 aliphatic carbocycles. The Hall–Kier alpha value is -3.34. The monoisotopic (exact) mass is 328 g/mol. The second kappa shape index (κ2) is 6.65. The van der Waals surface area contributed by atoms with E-state index in [4.69, 9.17) is 4.74 Å². The van der Waals surface area contributed by atoms with Gasteiger partial charge in [0.2, 0.25) is 0 Å². The smallest absolute Gasteiger partial charge is 0.181 e. The molecule has 3 aromatic heterocycles. The number of benzene rings is 1. The molecule has 122 valence electrons. The zero-order valence-corrected chi connectivity index (χ0v) is 13.8. The Labute approximate surface area is 145 Å². The van der Waals surface area contributed by atoms with E-state index in [-0.39, 0.29) is 0 Å². The minimum absolute atomic E-state index is 0.547. The summed E-state index contributed by atoms with van der Waals surface area (Å²) in [6.07, 6.45) is 5.98. The SMILES string of the molecule is CCc1ccc(Oc2ccnc3ccccc23)c(-c2ncccn2)n1. The van der Waals surface area contributed by atoms with Crippen molar-refractivity contribution in [3.8, 4) is 23.0 Å². The molecule has 1 aromatic carbocycles. The summed E-state index contributed by atoms with van der Waals surface area (Å²) in [4.78, 5) is 17.7. The van der Waals surface area contributed by atoms with Gasteiger partial charge >= 0.3 is 0 Å². The lowest BCUT2D eigenvalue weighted by molar-refractivity contribution is 0.486. The first-order chi connectivity index (χ1) is 12.3. The van der Waals surface area contributed by atoms with E-state index in [1.54, 1.807) is 24.7 Å².